The van der Waals surface area contributed by atoms with Gasteiger partial charge in [-0.2, -0.15) is 0 Å². The number of aromatic amines is 2. The first-order chi connectivity index (χ1) is 36.7. The second-order valence-electron chi connectivity index (χ2n) is 23.5. The zero-order valence-corrected chi connectivity index (χ0v) is 45.0. The van der Waals surface area contributed by atoms with Crippen molar-refractivity contribution in [1.82, 2.24) is 40.4 Å². The highest BCUT2D eigenvalue weighted by atomic mass is 19.1. The number of amides is 4. The second kappa shape index (κ2) is 21.3. The van der Waals surface area contributed by atoms with Gasteiger partial charge in [0.05, 0.1) is 53.3 Å². The molecule has 4 saturated heterocycles. The van der Waals surface area contributed by atoms with E-state index in [0.29, 0.717) is 62.1 Å². The Labute approximate surface area is 444 Å². The summed E-state index contributed by atoms with van der Waals surface area (Å²) in [6, 6.07) is 13.0. The monoisotopic (exact) mass is 1040 g/mol. The number of halogens is 2. The number of hydrogen-bond donors (Lipinski definition) is 4. The van der Waals surface area contributed by atoms with Crippen LogP contribution in [-0.4, -0.2) is 97.9 Å². The van der Waals surface area contributed by atoms with Crippen LogP contribution in [0.4, 0.5) is 25.0 Å². The van der Waals surface area contributed by atoms with Crippen LogP contribution >= 0.6 is 0 Å². The van der Waals surface area contributed by atoms with Crippen molar-refractivity contribution in [2.24, 2.45) is 23.7 Å². The van der Waals surface area contributed by atoms with Gasteiger partial charge in [-0.3, -0.25) is 14.4 Å². The van der Waals surface area contributed by atoms with Crippen molar-refractivity contribution in [3.05, 3.63) is 82.9 Å². The Morgan fingerprint density at radius 1 is 0.658 bits per heavy atom. The Balaban J connectivity index is 0.925. The Morgan fingerprint density at radius 3 is 1.63 bits per heavy atom. The number of imidazole rings is 2. The van der Waals surface area contributed by atoms with Gasteiger partial charge >= 0.3 is 6.09 Å². The molecule has 15 nitrogen and oxygen atoms in total. The van der Waals surface area contributed by atoms with Gasteiger partial charge in [0.15, 0.2) is 11.6 Å². The fourth-order valence-electron chi connectivity index (χ4n) is 14.5. The van der Waals surface area contributed by atoms with Crippen LogP contribution in [0.3, 0.4) is 0 Å². The van der Waals surface area contributed by atoms with Gasteiger partial charge in [0.25, 0.3) is 0 Å². The zero-order chi connectivity index (χ0) is 53.1. The van der Waals surface area contributed by atoms with Crippen LogP contribution in [0.15, 0.2) is 48.5 Å². The topological polar surface area (TPSA) is 172 Å². The molecule has 3 aromatic carbocycles. The minimum atomic E-state index is -0.756. The standard InChI is InChI=1S/C59H76F2N10O5/c1-7-13-51(72)66-52(32(2)3)57(73)70-45-16-11-14-34(45)28-49(70)55-62-41-20-18-36(26-43(41)64-55)47-22-23-48(69(47)38-30-39(60)54(40(61)31-38)68-24-9-8-10-25-68)37-19-21-42-44(27-37)65-56(63-42)50-29-35-15-12-17-46(35)71(50)58(74)53(33(4)5)67-59(75)76-6/h18-21,26-27,30-35,45-50,52-53H,7-17,22-25,28-29H2,1-6H3,(H,62,64)(H,63,65)(H,66,72)(H,67,75)/t34-,35-,45-,46-,47+,48?,49?,50-,52-,53-/m0/s1. The van der Waals surface area contributed by atoms with E-state index in [9.17, 15) is 19.2 Å². The number of anilines is 2. The Morgan fingerprint density at radius 2 is 1.16 bits per heavy atom. The van der Waals surface area contributed by atoms with Crippen LogP contribution in [0.5, 0.6) is 0 Å². The number of fused-ring (bicyclic) bond motifs is 4. The van der Waals surface area contributed by atoms with Gasteiger partial charge in [-0.1, -0.05) is 59.6 Å². The summed E-state index contributed by atoms with van der Waals surface area (Å²) in [6.45, 7) is 11.0. The molecular weight excluding hydrogens is 967 g/mol. The minimum Gasteiger partial charge on any atom is -0.453 e. The molecule has 2 unspecified atom stereocenters. The Kier molecular flexibility index (Phi) is 14.5. The number of nitrogens with zero attached hydrogens (tertiary/aromatic N) is 6. The van der Waals surface area contributed by atoms with Crippen LogP contribution in [0, 0.1) is 35.3 Å². The van der Waals surface area contributed by atoms with Gasteiger partial charge < -0.3 is 44.9 Å². The van der Waals surface area contributed by atoms with Crippen molar-refractivity contribution in [2.75, 3.05) is 30.0 Å². The number of rotatable bonds is 14. The van der Waals surface area contributed by atoms with Crippen molar-refractivity contribution in [3.63, 3.8) is 0 Å². The summed E-state index contributed by atoms with van der Waals surface area (Å²) in [7, 11) is 1.30. The number of ether oxygens (including phenoxy) is 1. The predicted molar refractivity (Wildman–Crippen MR) is 288 cm³/mol. The van der Waals surface area contributed by atoms with E-state index in [1.165, 1.54) is 19.2 Å². The van der Waals surface area contributed by atoms with E-state index in [1.807, 2.05) is 61.5 Å². The molecule has 2 aromatic heterocycles. The van der Waals surface area contributed by atoms with Crippen molar-refractivity contribution >= 4 is 57.3 Å². The van der Waals surface area contributed by atoms with E-state index in [2.05, 4.69) is 49.8 Å². The van der Waals surface area contributed by atoms with Crippen LogP contribution in [-0.2, 0) is 19.1 Å². The summed E-state index contributed by atoms with van der Waals surface area (Å²) in [5, 5.41) is 5.87. The molecule has 0 bridgehead atoms. The highest BCUT2D eigenvalue weighted by molar-refractivity contribution is 5.89. The lowest BCUT2D eigenvalue weighted by Gasteiger charge is -2.35. The van der Waals surface area contributed by atoms with Gasteiger partial charge in [-0.15, -0.1) is 0 Å². The van der Waals surface area contributed by atoms with Gasteiger partial charge in [0, 0.05) is 37.3 Å². The highest BCUT2D eigenvalue weighted by Crippen LogP contribution is 2.52. The van der Waals surface area contributed by atoms with E-state index in [1.54, 1.807) is 0 Å². The fourth-order valence-corrected chi connectivity index (χ4v) is 14.5. The SMILES string of the molecule is CCCC(=O)N[C@H](C(=O)N1C(c2nc3cc([C@H]4CCC(c5ccc6[nH]c([C@@H]7C[C@@H]8CCC[C@@H]8N7C(=O)[C@@H](NC(=O)OC)C(C)C)nc6c5)N4c4cc(F)c(N5CCCCC5)c(F)c4)ccc3[nH]2)C[C@@H]2CCC[C@@H]21)C(C)C. The largest absolute Gasteiger partial charge is 0.453 e. The average Bonchev–Trinajstić information content (AvgIpc) is 4.28. The van der Waals surface area contributed by atoms with Gasteiger partial charge in [0.1, 0.15) is 29.4 Å². The zero-order valence-electron chi connectivity index (χ0n) is 45.0. The molecule has 0 radical (unpaired) electrons. The van der Waals surface area contributed by atoms with Crippen molar-refractivity contribution in [3.8, 4) is 0 Å². The van der Waals surface area contributed by atoms with Gasteiger partial charge in [-0.25, -0.2) is 23.5 Å². The summed E-state index contributed by atoms with van der Waals surface area (Å²) in [4.78, 5) is 80.1. The third kappa shape index (κ3) is 9.55. The molecule has 6 fully saturated rings. The first kappa shape index (κ1) is 51.8. The molecule has 406 valence electrons. The molecule has 2 aliphatic carbocycles. The molecular formula is C59H76F2N10O5. The summed E-state index contributed by atoms with van der Waals surface area (Å²) in [6.07, 6.45) is 12.2. The van der Waals surface area contributed by atoms with E-state index in [-0.39, 0.29) is 71.5 Å². The molecule has 2 saturated carbocycles. The summed E-state index contributed by atoms with van der Waals surface area (Å²) < 4.78 is 38.1. The van der Waals surface area contributed by atoms with Crippen LogP contribution in [0.2, 0.25) is 0 Å². The number of H-pyrrole nitrogens is 2. The molecule has 4 amide bonds. The van der Waals surface area contributed by atoms with Gasteiger partial charge in [0.2, 0.25) is 17.7 Å². The number of carbonyl (C=O) groups excluding carboxylic acids is 4. The number of carbonyl (C=O) groups is 4. The Bertz CT molecular complexity index is 2960. The van der Waals surface area contributed by atoms with E-state index >= 15 is 8.78 Å². The molecule has 10 atom stereocenters. The summed E-state index contributed by atoms with van der Waals surface area (Å²) >= 11 is 0. The predicted octanol–water partition coefficient (Wildman–Crippen LogP) is 11.0. The quantitative estimate of drug-likeness (QED) is 0.0845. The number of nitrogens with one attached hydrogen (secondary N) is 4. The first-order valence-corrected chi connectivity index (χ1v) is 28.5. The average molecular weight is 1040 g/mol. The molecule has 0 spiro atoms. The molecule has 4 aliphatic heterocycles. The maximum atomic E-state index is 16.6. The van der Waals surface area contributed by atoms with Crippen molar-refractivity contribution in [1.29, 1.82) is 0 Å². The highest BCUT2D eigenvalue weighted by Gasteiger charge is 2.51. The molecule has 6 heterocycles. The third-order valence-electron chi connectivity index (χ3n) is 18.1. The van der Waals surface area contributed by atoms with Crippen LogP contribution in [0.1, 0.15) is 178 Å². The third-order valence-corrected chi connectivity index (χ3v) is 18.1. The van der Waals surface area contributed by atoms with Gasteiger partial charge in [-0.05, 0) is 148 Å². The normalized spacial score (nSPS) is 26.2. The van der Waals surface area contributed by atoms with Crippen LogP contribution < -0.4 is 20.4 Å². The maximum Gasteiger partial charge on any atom is 0.407 e. The molecule has 4 N–H and O–H groups in total. The fraction of sp³-hybridized carbons (Fsp3) is 0.593. The number of likely N-dealkylation sites (tertiary alicyclic amines) is 2. The number of piperidine rings is 1. The summed E-state index contributed by atoms with van der Waals surface area (Å²) in [5.74, 6) is 0.419. The Hall–Kier alpha value is -6.26. The number of hydrogen-bond acceptors (Lipinski definition) is 9. The number of alkyl carbamates (subject to hydrolysis) is 1. The molecule has 5 aromatic rings. The molecule has 6 aliphatic rings. The maximum absolute atomic E-state index is 16.6. The van der Waals surface area contributed by atoms with Crippen LogP contribution in [0.25, 0.3) is 22.1 Å². The van der Waals surface area contributed by atoms with E-state index in [4.69, 9.17) is 14.7 Å². The second-order valence-corrected chi connectivity index (χ2v) is 23.5. The first-order valence-electron chi connectivity index (χ1n) is 28.5. The lowest BCUT2D eigenvalue weighted by Crippen LogP contribution is -2.53. The smallest absolute Gasteiger partial charge is 0.407 e. The number of methoxy groups -OCH3 is 1. The minimum absolute atomic E-state index is 0.0303. The van der Waals surface area contributed by atoms with E-state index in [0.717, 1.165) is 110 Å². The molecule has 17 heteroatoms. The molecule has 11 rings (SSSR count). The van der Waals surface area contributed by atoms with E-state index < -0.39 is 29.8 Å². The van der Waals surface area contributed by atoms with Crippen molar-refractivity contribution in [2.45, 2.75) is 179 Å². The number of benzene rings is 3. The summed E-state index contributed by atoms with van der Waals surface area (Å²) in [5.41, 5.74) is 5.57. The number of aromatic nitrogens is 4. The lowest BCUT2D eigenvalue weighted by atomic mass is 10.0. The lowest BCUT2D eigenvalue weighted by molar-refractivity contribution is -0.140. The molecule has 76 heavy (non-hydrogen) atoms. The van der Waals surface area contributed by atoms with Crippen molar-refractivity contribution < 1.29 is 32.7 Å².